The van der Waals surface area contributed by atoms with Gasteiger partial charge >= 0.3 is 0 Å². The van der Waals surface area contributed by atoms with Gasteiger partial charge in [-0.3, -0.25) is 4.79 Å². The summed E-state index contributed by atoms with van der Waals surface area (Å²) in [6.45, 7) is 4.77. The number of nitrogens with zero attached hydrogens (tertiary/aromatic N) is 1. The highest BCUT2D eigenvalue weighted by Crippen LogP contribution is 2.69. The Hall–Kier alpha value is -1.36. The van der Waals surface area contributed by atoms with Crippen molar-refractivity contribution in [1.29, 1.82) is 0 Å². The molecular weight excluding hydrogens is 392 g/mol. The summed E-state index contributed by atoms with van der Waals surface area (Å²) in [6.07, 6.45) is 8.62. The number of nitrogens with one attached hydrogen (secondary N) is 1. The number of rotatable bonds is 4. The van der Waals surface area contributed by atoms with Gasteiger partial charge in [0.05, 0.1) is 23.2 Å². The molecule has 4 nitrogen and oxygen atoms in total. The van der Waals surface area contributed by atoms with E-state index >= 15 is 0 Å². The smallest absolute Gasteiger partial charge is 0.246 e. The van der Waals surface area contributed by atoms with E-state index in [1.165, 1.54) is 19.3 Å². The van der Waals surface area contributed by atoms with Crippen LogP contribution in [0.25, 0.3) is 0 Å². The highest BCUT2D eigenvalue weighted by atomic mass is 79.9. The van der Waals surface area contributed by atoms with E-state index in [4.69, 9.17) is 4.74 Å². The molecule has 0 heterocycles. The van der Waals surface area contributed by atoms with Crippen LogP contribution in [0.1, 0.15) is 57.9 Å². The van der Waals surface area contributed by atoms with E-state index in [1.54, 1.807) is 13.3 Å². The molecule has 26 heavy (non-hydrogen) atoms. The van der Waals surface area contributed by atoms with E-state index in [0.29, 0.717) is 16.7 Å². The summed E-state index contributed by atoms with van der Waals surface area (Å²) in [7, 11) is 1.64. The summed E-state index contributed by atoms with van der Waals surface area (Å²) in [5.74, 6) is 1.60. The Balaban J connectivity index is 1.48. The molecule has 5 heteroatoms. The summed E-state index contributed by atoms with van der Waals surface area (Å²) < 4.78 is 6.11. The van der Waals surface area contributed by atoms with Crippen LogP contribution in [0.15, 0.2) is 27.8 Å². The molecule has 0 spiro atoms. The molecule has 2 unspecified atom stereocenters. The number of hydrazone groups is 1. The minimum absolute atomic E-state index is 0.114. The summed E-state index contributed by atoms with van der Waals surface area (Å²) in [4.78, 5) is 13.1. The van der Waals surface area contributed by atoms with Crippen molar-refractivity contribution >= 4 is 28.1 Å². The summed E-state index contributed by atoms with van der Waals surface area (Å²) in [5.41, 5.74) is 4.21. The largest absolute Gasteiger partial charge is 0.496 e. The van der Waals surface area contributed by atoms with Crippen LogP contribution in [0.5, 0.6) is 5.75 Å². The standard InChI is InChI=1S/C21H27BrN2O2/c1-19-7-15-8-20(2,11-19)13-21(9-15,12-19)18(25)24-23-10-14-4-5-17(26-3)16(22)6-14/h4-6,10,15H,7-9,11-13H2,1-3H3,(H,24,25)/b23-10+. The number of hydrogen-bond acceptors (Lipinski definition) is 3. The third-order valence-corrected chi connectivity index (χ3v) is 7.28. The lowest BCUT2D eigenvalue weighted by Gasteiger charge is -2.64. The number of ether oxygens (including phenoxy) is 1. The third kappa shape index (κ3) is 3.08. The fourth-order valence-corrected chi connectivity index (χ4v) is 7.31. The number of amides is 1. The zero-order valence-electron chi connectivity index (χ0n) is 15.8. The minimum atomic E-state index is -0.221. The van der Waals surface area contributed by atoms with Crippen LogP contribution in [0.4, 0.5) is 0 Å². The first-order valence-corrected chi connectivity index (χ1v) is 10.2. The van der Waals surface area contributed by atoms with Crippen molar-refractivity contribution < 1.29 is 9.53 Å². The highest BCUT2D eigenvalue weighted by molar-refractivity contribution is 9.10. The quantitative estimate of drug-likeness (QED) is 0.557. The van der Waals surface area contributed by atoms with Crippen LogP contribution >= 0.6 is 15.9 Å². The number of carbonyl (C=O) groups is 1. The van der Waals surface area contributed by atoms with Crippen LogP contribution in [0.3, 0.4) is 0 Å². The Morgan fingerprint density at radius 3 is 2.50 bits per heavy atom. The second-order valence-electron chi connectivity index (χ2n) is 9.50. The molecule has 4 fully saturated rings. The lowest BCUT2D eigenvalue weighted by molar-refractivity contribution is -0.170. The SMILES string of the molecule is COc1ccc(/C=N/NC(=O)C23CC4CC(C)(CC(C)(C4)C2)C3)cc1Br. The van der Waals surface area contributed by atoms with Gasteiger partial charge in [-0.2, -0.15) is 5.10 Å². The van der Waals surface area contributed by atoms with E-state index in [0.717, 1.165) is 35.0 Å². The average molecular weight is 419 g/mol. The van der Waals surface area contributed by atoms with Gasteiger partial charge in [0.15, 0.2) is 0 Å². The zero-order valence-corrected chi connectivity index (χ0v) is 17.4. The van der Waals surface area contributed by atoms with Gasteiger partial charge in [0.1, 0.15) is 5.75 Å². The van der Waals surface area contributed by atoms with Crippen molar-refractivity contribution in [3.05, 3.63) is 28.2 Å². The van der Waals surface area contributed by atoms with E-state index in [9.17, 15) is 4.79 Å². The molecule has 4 aliphatic rings. The molecule has 2 atom stereocenters. The van der Waals surface area contributed by atoms with Crippen LogP contribution in [0, 0.1) is 22.2 Å². The molecule has 140 valence electrons. The first-order valence-electron chi connectivity index (χ1n) is 9.42. The fraction of sp³-hybridized carbons (Fsp3) is 0.619. The van der Waals surface area contributed by atoms with Crippen molar-refractivity contribution in [1.82, 2.24) is 5.43 Å². The van der Waals surface area contributed by atoms with Gasteiger partial charge in [0, 0.05) is 0 Å². The molecule has 1 amide bonds. The van der Waals surface area contributed by atoms with Crippen molar-refractivity contribution in [2.75, 3.05) is 7.11 Å². The summed E-state index contributed by atoms with van der Waals surface area (Å²) in [5, 5.41) is 4.25. The molecule has 1 aromatic carbocycles. The number of benzene rings is 1. The number of methoxy groups -OCH3 is 1. The van der Waals surface area contributed by atoms with E-state index < -0.39 is 0 Å². The van der Waals surface area contributed by atoms with Gasteiger partial charge in [0.2, 0.25) is 5.91 Å². The van der Waals surface area contributed by atoms with Gasteiger partial charge < -0.3 is 4.74 Å². The Labute approximate surface area is 163 Å². The maximum atomic E-state index is 13.1. The number of hydrogen-bond donors (Lipinski definition) is 1. The molecule has 4 saturated carbocycles. The molecule has 4 bridgehead atoms. The van der Waals surface area contributed by atoms with Gasteiger partial charge in [-0.05, 0) is 95.0 Å². The second kappa shape index (κ2) is 6.08. The van der Waals surface area contributed by atoms with Crippen LogP contribution in [-0.2, 0) is 4.79 Å². The van der Waals surface area contributed by atoms with Crippen molar-refractivity contribution in [2.24, 2.45) is 27.3 Å². The molecule has 4 aliphatic carbocycles. The molecule has 5 rings (SSSR count). The van der Waals surface area contributed by atoms with Gasteiger partial charge in [-0.25, -0.2) is 5.43 Å². The van der Waals surface area contributed by atoms with Crippen molar-refractivity contribution in [2.45, 2.75) is 52.4 Å². The Bertz CT molecular complexity index is 757. The summed E-state index contributed by atoms with van der Waals surface area (Å²) >= 11 is 3.47. The molecule has 0 aromatic heterocycles. The molecule has 1 aromatic rings. The number of carbonyl (C=O) groups excluding carboxylic acids is 1. The van der Waals surface area contributed by atoms with Crippen LogP contribution in [0.2, 0.25) is 0 Å². The minimum Gasteiger partial charge on any atom is -0.496 e. The Morgan fingerprint density at radius 1 is 1.23 bits per heavy atom. The molecular formula is C21H27BrN2O2. The molecule has 0 saturated heterocycles. The van der Waals surface area contributed by atoms with E-state index in [2.05, 4.69) is 40.3 Å². The average Bonchev–Trinajstić information content (AvgIpc) is 2.51. The van der Waals surface area contributed by atoms with Crippen molar-refractivity contribution in [3.63, 3.8) is 0 Å². The Morgan fingerprint density at radius 2 is 1.92 bits per heavy atom. The molecule has 0 aliphatic heterocycles. The third-order valence-electron chi connectivity index (χ3n) is 6.66. The lowest BCUT2D eigenvalue weighted by Crippen LogP contribution is -2.59. The van der Waals surface area contributed by atoms with Gasteiger partial charge in [-0.1, -0.05) is 13.8 Å². The fourth-order valence-electron chi connectivity index (χ4n) is 6.75. The maximum absolute atomic E-state index is 13.1. The first-order chi connectivity index (χ1) is 12.2. The topological polar surface area (TPSA) is 50.7 Å². The first kappa shape index (κ1) is 18.0. The van der Waals surface area contributed by atoms with Gasteiger partial charge in [-0.15, -0.1) is 0 Å². The lowest BCUT2D eigenvalue weighted by atomic mass is 9.40. The maximum Gasteiger partial charge on any atom is 0.246 e. The molecule has 0 radical (unpaired) electrons. The monoisotopic (exact) mass is 418 g/mol. The van der Waals surface area contributed by atoms with Crippen LogP contribution in [-0.4, -0.2) is 19.2 Å². The molecule has 1 N–H and O–H groups in total. The second-order valence-corrected chi connectivity index (χ2v) is 10.4. The normalized spacial score (nSPS) is 37.9. The zero-order chi connectivity index (χ0) is 18.6. The van der Waals surface area contributed by atoms with Crippen molar-refractivity contribution in [3.8, 4) is 5.75 Å². The predicted molar refractivity (Wildman–Crippen MR) is 106 cm³/mol. The predicted octanol–water partition coefficient (Wildman–Crippen LogP) is 4.90. The van der Waals surface area contributed by atoms with E-state index in [-0.39, 0.29) is 11.3 Å². The van der Waals surface area contributed by atoms with Gasteiger partial charge in [0.25, 0.3) is 0 Å². The van der Waals surface area contributed by atoms with E-state index in [1.807, 2.05) is 18.2 Å². The number of halogens is 1. The Kier molecular flexibility index (Phi) is 4.22. The van der Waals surface area contributed by atoms with Crippen LogP contribution < -0.4 is 10.2 Å². The highest BCUT2D eigenvalue weighted by Gasteiger charge is 2.62. The summed E-state index contributed by atoms with van der Waals surface area (Å²) in [6, 6.07) is 5.74.